The van der Waals surface area contributed by atoms with E-state index in [-0.39, 0.29) is 28.2 Å². The third-order valence-electron chi connectivity index (χ3n) is 4.00. The van der Waals surface area contributed by atoms with Crippen LogP contribution in [0.2, 0.25) is 0 Å². The molecule has 0 aliphatic rings. The van der Waals surface area contributed by atoms with Crippen LogP contribution in [0.3, 0.4) is 0 Å². The molecule has 0 bridgehead atoms. The van der Waals surface area contributed by atoms with E-state index < -0.39 is 17.5 Å². The molecule has 0 spiro atoms. The Labute approximate surface area is 152 Å². The maximum atomic E-state index is 15.2. The Morgan fingerprint density at radius 3 is 2.37 bits per heavy atom. The van der Waals surface area contributed by atoms with Gasteiger partial charge in [0.05, 0.1) is 17.1 Å². The van der Waals surface area contributed by atoms with Crippen LogP contribution in [0.1, 0.15) is 0 Å². The van der Waals surface area contributed by atoms with E-state index in [1.807, 2.05) is 0 Å². The summed E-state index contributed by atoms with van der Waals surface area (Å²) in [5, 5.41) is 2.95. The summed E-state index contributed by atoms with van der Waals surface area (Å²) < 4.78 is 42.3. The first-order valence-corrected chi connectivity index (χ1v) is 7.97. The Balaban J connectivity index is 1.95. The minimum atomic E-state index is -0.785. The Bertz CT molecular complexity index is 1130. The lowest BCUT2D eigenvalue weighted by atomic mass is 10.0. The standard InChI is InChI=1S/C19H12F3N5/c1-23-19-16-14(26-18(27-19)15-9-24-4-5-25-15)3-2-13(17(16)22)10-6-11(20)8-12(21)7-10/h2-9H,1H3,(H,23,26,27). The Kier molecular flexibility index (Phi) is 4.15. The van der Waals surface area contributed by atoms with Gasteiger partial charge in [-0.05, 0) is 29.8 Å². The molecular weight excluding hydrogens is 355 g/mol. The normalized spacial score (nSPS) is 11.0. The number of rotatable bonds is 3. The summed E-state index contributed by atoms with van der Waals surface area (Å²) in [6.07, 6.45) is 4.53. The lowest BCUT2D eigenvalue weighted by Gasteiger charge is -2.11. The zero-order valence-corrected chi connectivity index (χ0v) is 14.0. The Morgan fingerprint density at radius 2 is 1.70 bits per heavy atom. The van der Waals surface area contributed by atoms with Gasteiger partial charge in [0.15, 0.2) is 5.82 Å². The lowest BCUT2D eigenvalue weighted by Crippen LogP contribution is -2.02. The fourth-order valence-electron chi connectivity index (χ4n) is 2.83. The van der Waals surface area contributed by atoms with Gasteiger partial charge in [0.2, 0.25) is 0 Å². The van der Waals surface area contributed by atoms with Crippen molar-refractivity contribution in [1.29, 1.82) is 0 Å². The zero-order chi connectivity index (χ0) is 19.0. The van der Waals surface area contributed by atoms with Crippen LogP contribution in [0.25, 0.3) is 33.5 Å². The molecule has 0 unspecified atom stereocenters. The van der Waals surface area contributed by atoms with Gasteiger partial charge in [-0.25, -0.2) is 28.1 Å². The number of benzene rings is 2. The molecule has 0 aliphatic carbocycles. The van der Waals surface area contributed by atoms with Crippen molar-refractivity contribution < 1.29 is 13.2 Å². The van der Waals surface area contributed by atoms with Crippen molar-refractivity contribution in [2.75, 3.05) is 12.4 Å². The lowest BCUT2D eigenvalue weighted by molar-refractivity contribution is 0.583. The van der Waals surface area contributed by atoms with E-state index in [9.17, 15) is 8.78 Å². The minimum absolute atomic E-state index is 0.0493. The molecule has 2 heterocycles. The van der Waals surface area contributed by atoms with Gasteiger partial charge in [0, 0.05) is 31.1 Å². The summed E-state index contributed by atoms with van der Waals surface area (Å²) in [6.45, 7) is 0. The number of nitrogens with zero attached hydrogens (tertiary/aromatic N) is 4. The fourth-order valence-corrected chi connectivity index (χ4v) is 2.83. The van der Waals surface area contributed by atoms with Crippen LogP contribution in [-0.2, 0) is 0 Å². The highest BCUT2D eigenvalue weighted by atomic mass is 19.1. The molecule has 0 saturated carbocycles. The van der Waals surface area contributed by atoms with Gasteiger partial charge in [0.1, 0.15) is 29.0 Å². The summed E-state index contributed by atoms with van der Waals surface area (Å²) in [7, 11) is 1.59. The van der Waals surface area contributed by atoms with E-state index in [1.54, 1.807) is 13.1 Å². The van der Waals surface area contributed by atoms with Gasteiger partial charge in [-0.1, -0.05) is 0 Å². The van der Waals surface area contributed by atoms with Crippen LogP contribution in [0.5, 0.6) is 0 Å². The quantitative estimate of drug-likeness (QED) is 0.588. The zero-order valence-electron chi connectivity index (χ0n) is 14.0. The van der Waals surface area contributed by atoms with E-state index in [1.165, 1.54) is 24.7 Å². The molecule has 0 saturated heterocycles. The van der Waals surface area contributed by atoms with Crippen LogP contribution in [0.15, 0.2) is 48.9 Å². The largest absolute Gasteiger partial charge is 0.372 e. The first-order chi connectivity index (χ1) is 13.1. The van der Waals surface area contributed by atoms with Crippen LogP contribution in [0, 0.1) is 17.5 Å². The van der Waals surface area contributed by atoms with Gasteiger partial charge in [0.25, 0.3) is 0 Å². The third-order valence-corrected chi connectivity index (χ3v) is 4.00. The van der Waals surface area contributed by atoms with Crippen molar-refractivity contribution in [1.82, 2.24) is 19.9 Å². The third kappa shape index (κ3) is 3.05. The van der Waals surface area contributed by atoms with Crippen molar-refractivity contribution in [2.24, 2.45) is 0 Å². The van der Waals surface area contributed by atoms with Crippen LogP contribution in [0.4, 0.5) is 19.0 Å². The molecule has 5 nitrogen and oxygen atoms in total. The van der Waals surface area contributed by atoms with Crippen molar-refractivity contribution in [3.8, 4) is 22.6 Å². The van der Waals surface area contributed by atoms with E-state index in [2.05, 4.69) is 25.3 Å². The minimum Gasteiger partial charge on any atom is -0.372 e. The van der Waals surface area contributed by atoms with E-state index in [4.69, 9.17) is 0 Å². The molecule has 2 aromatic carbocycles. The average Bonchev–Trinajstić information content (AvgIpc) is 2.67. The average molecular weight is 367 g/mol. The van der Waals surface area contributed by atoms with Crippen molar-refractivity contribution in [3.63, 3.8) is 0 Å². The maximum Gasteiger partial charge on any atom is 0.182 e. The molecule has 1 N–H and O–H groups in total. The molecule has 2 aromatic heterocycles. The van der Waals surface area contributed by atoms with Crippen molar-refractivity contribution in [3.05, 3.63) is 66.4 Å². The summed E-state index contributed by atoms with van der Waals surface area (Å²) >= 11 is 0. The number of fused-ring (bicyclic) bond motifs is 1. The molecule has 0 radical (unpaired) electrons. The van der Waals surface area contributed by atoms with Gasteiger partial charge in [-0.2, -0.15) is 0 Å². The van der Waals surface area contributed by atoms with Crippen LogP contribution < -0.4 is 5.32 Å². The van der Waals surface area contributed by atoms with Gasteiger partial charge in [-0.3, -0.25) is 4.98 Å². The predicted octanol–water partition coefficient (Wildman–Crippen LogP) is 4.21. The molecule has 0 fully saturated rings. The molecular formula is C19H12F3N5. The predicted molar refractivity (Wildman–Crippen MR) is 95.4 cm³/mol. The first-order valence-electron chi connectivity index (χ1n) is 7.97. The van der Waals surface area contributed by atoms with Gasteiger partial charge in [-0.15, -0.1) is 0 Å². The molecule has 134 valence electrons. The smallest absolute Gasteiger partial charge is 0.182 e. The second-order valence-electron chi connectivity index (χ2n) is 5.72. The SMILES string of the molecule is CNc1nc(-c2cnccn2)nc2ccc(-c3cc(F)cc(F)c3)c(F)c12. The molecule has 4 aromatic rings. The maximum absolute atomic E-state index is 15.2. The van der Waals surface area contributed by atoms with Gasteiger partial charge >= 0.3 is 0 Å². The fraction of sp³-hybridized carbons (Fsp3) is 0.0526. The molecule has 0 atom stereocenters. The molecule has 27 heavy (non-hydrogen) atoms. The topological polar surface area (TPSA) is 63.6 Å². The monoisotopic (exact) mass is 367 g/mol. The summed E-state index contributed by atoms with van der Waals surface area (Å²) in [4.78, 5) is 16.8. The van der Waals surface area contributed by atoms with Crippen LogP contribution in [-0.4, -0.2) is 27.0 Å². The van der Waals surface area contributed by atoms with Crippen LogP contribution >= 0.6 is 0 Å². The molecule has 4 rings (SSSR count). The number of hydrogen-bond donors (Lipinski definition) is 1. The first kappa shape index (κ1) is 16.9. The number of aromatic nitrogens is 4. The number of hydrogen-bond acceptors (Lipinski definition) is 5. The highest BCUT2D eigenvalue weighted by molar-refractivity contribution is 5.94. The summed E-state index contributed by atoms with van der Waals surface area (Å²) in [5.74, 6) is -1.73. The van der Waals surface area contributed by atoms with Crippen molar-refractivity contribution >= 4 is 16.7 Å². The Morgan fingerprint density at radius 1 is 0.926 bits per heavy atom. The van der Waals surface area contributed by atoms with Gasteiger partial charge < -0.3 is 5.32 Å². The summed E-state index contributed by atoms with van der Waals surface area (Å²) in [5.41, 5.74) is 0.904. The second-order valence-corrected chi connectivity index (χ2v) is 5.72. The highest BCUT2D eigenvalue weighted by Gasteiger charge is 2.17. The molecule has 8 heteroatoms. The highest BCUT2D eigenvalue weighted by Crippen LogP contribution is 2.33. The second kappa shape index (κ2) is 6.64. The molecule has 0 aliphatic heterocycles. The number of halogens is 3. The molecule has 0 amide bonds. The number of nitrogens with one attached hydrogen (secondary N) is 1. The van der Waals surface area contributed by atoms with E-state index in [0.717, 1.165) is 18.2 Å². The van der Waals surface area contributed by atoms with E-state index >= 15 is 4.39 Å². The van der Waals surface area contributed by atoms with E-state index in [0.29, 0.717) is 11.2 Å². The Hall–Kier alpha value is -3.55. The number of anilines is 1. The van der Waals surface area contributed by atoms with Crippen molar-refractivity contribution in [2.45, 2.75) is 0 Å². The summed E-state index contributed by atoms with van der Waals surface area (Å²) in [6, 6.07) is 5.87.